The van der Waals surface area contributed by atoms with E-state index in [0.29, 0.717) is 5.56 Å². The molecule has 7 heteroatoms. The summed E-state index contributed by atoms with van der Waals surface area (Å²) in [6, 6.07) is 7.10. The molecule has 0 aliphatic rings. The summed E-state index contributed by atoms with van der Waals surface area (Å²) in [5.41, 5.74) is 2.53. The van der Waals surface area contributed by atoms with Crippen LogP contribution in [-0.4, -0.2) is 11.2 Å². The Balaban J connectivity index is 2.23. The van der Waals surface area contributed by atoms with Crippen molar-refractivity contribution in [1.29, 1.82) is 0 Å². The van der Waals surface area contributed by atoms with Crippen LogP contribution in [0.3, 0.4) is 0 Å². The zero-order chi connectivity index (χ0) is 14.7. The average molecular weight is 283 g/mol. The fourth-order valence-electron chi connectivity index (χ4n) is 1.51. The SMILES string of the molecule is Cc1cccc(/C=N/Nc2c(F)c(F)nc(F)c2F)c1. The lowest BCUT2D eigenvalue weighted by Crippen LogP contribution is -2.05. The van der Waals surface area contributed by atoms with Crippen molar-refractivity contribution in [2.45, 2.75) is 6.92 Å². The predicted molar refractivity (Wildman–Crippen MR) is 66.5 cm³/mol. The molecule has 1 N–H and O–H groups in total. The number of pyridine rings is 1. The molecule has 0 bridgehead atoms. The van der Waals surface area contributed by atoms with Crippen LogP contribution in [0.4, 0.5) is 23.2 Å². The number of nitrogens with one attached hydrogen (secondary N) is 1. The minimum absolute atomic E-state index is 0.660. The van der Waals surface area contributed by atoms with Crippen LogP contribution in [0.1, 0.15) is 11.1 Å². The molecule has 0 spiro atoms. The number of benzene rings is 1. The van der Waals surface area contributed by atoms with E-state index in [1.165, 1.54) is 6.21 Å². The van der Waals surface area contributed by atoms with Crippen molar-refractivity contribution in [3.8, 4) is 0 Å². The first kappa shape index (κ1) is 14.0. The molecule has 1 heterocycles. The highest BCUT2D eigenvalue weighted by molar-refractivity contribution is 5.80. The molecular formula is C13H9F4N3. The average Bonchev–Trinajstić information content (AvgIpc) is 2.40. The first-order chi connectivity index (χ1) is 9.49. The molecule has 20 heavy (non-hydrogen) atoms. The molecule has 0 amide bonds. The van der Waals surface area contributed by atoms with Gasteiger partial charge < -0.3 is 0 Å². The number of hydrogen-bond acceptors (Lipinski definition) is 3. The quantitative estimate of drug-likeness (QED) is 0.406. The van der Waals surface area contributed by atoms with E-state index in [0.717, 1.165) is 5.56 Å². The first-order valence-corrected chi connectivity index (χ1v) is 5.54. The molecule has 1 aromatic carbocycles. The second kappa shape index (κ2) is 5.68. The molecule has 0 radical (unpaired) electrons. The Kier molecular flexibility index (Phi) is 3.97. The smallest absolute Gasteiger partial charge is 0.254 e. The lowest BCUT2D eigenvalue weighted by atomic mass is 10.2. The van der Waals surface area contributed by atoms with Crippen LogP contribution in [0.15, 0.2) is 29.4 Å². The number of anilines is 1. The summed E-state index contributed by atoms with van der Waals surface area (Å²) >= 11 is 0. The van der Waals surface area contributed by atoms with E-state index in [-0.39, 0.29) is 0 Å². The summed E-state index contributed by atoms with van der Waals surface area (Å²) in [7, 11) is 0. The van der Waals surface area contributed by atoms with E-state index in [1.54, 1.807) is 18.2 Å². The highest BCUT2D eigenvalue weighted by Gasteiger charge is 2.20. The zero-order valence-electron chi connectivity index (χ0n) is 10.3. The summed E-state index contributed by atoms with van der Waals surface area (Å²) < 4.78 is 52.2. The maximum absolute atomic E-state index is 13.3. The van der Waals surface area contributed by atoms with E-state index in [4.69, 9.17) is 0 Å². The number of hydrazone groups is 1. The van der Waals surface area contributed by atoms with Crippen molar-refractivity contribution in [1.82, 2.24) is 4.98 Å². The Morgan fingerprint density at radius 2 is 1.75 bits per heavy atom. The van der Waals surface area contributed by atoms with Gasteiger partial charge in [-0.1, -0.05) is 29.8 Å². The molecule has 0 saturated carbocycles. The second-order valence-corrected chi connectivity index (χ2v) is 3.98. The van der Waals surface area contributed by atoms with E-state index in [1.807, 2.05) is 18.4 Å². The topological polar surface area (TPSA) is 37.3 Å². The maximum atomic E-state index is 13.3. The molecule has 2 aromatic rings. The molecule has 104 valence electrons. The van der Waals surface area contributed by atoms with Crippen molar-refractivity contribution in [3.63, 3.8) is 0 Å². The lowest BCUT2D eigenvalue weighted by molar-refractivity contribution is 0.411. The molecular weight excluding hydrogens is 274 g/mol. The monoisotopic (exact) mass is 283 g/mol. The number of nitrogens with zero attached hydrogens (tertiary/aromatic N) is 2. The Labute approximate surface area is 112 Å². The van der Waals surface area contributed by atoms with Gasteiger partial charge in [0.2, 0.25) is 11.6 Å². The van der Waals surface area contributed by atoms with Crippen molar-refractivity contribution >= 4 is 11.9 Å². The highest BCUT2D eigenvalue weighted by atomic mass is 19.2. The maximum Gasteiger partial charge on any atom is 0.254 e. The van der Waals surface area contributed by atoms with Gasteiger partial charge in [0.1, 0.15) is 5.69 Å². The van der Waals surface area contributed by atoms with Crippen molar-refractivity contribution < 1.29 is 17.6 Å². The van der Waals surface area contributed by atoms with Crippen LogP contribution in [0.5, 0.6) is 0 Å². The zero-order valence-corrected chi connectivity index (χ0v) is 10.3. The number of rotatable bonds is 3. The fourth-order valence-corrected chi connectivity index (χ4v) is 1.51. The van der Waals surface area contributed by atoms with Gasteiger partial charge in [0.05, 0.1) is 6.21 Å². The Morgan fingerprint density at radius 3 is 2.35 bits per heavy atom. The van der Waals surface area contributed by atoms with E-state index in [2.05, 4.69) is 10.1 Å². The van der Waals surface area contributed by atoms with Crippen LogP contribution in [0.2, 0.25) is 0 Å². The molecule has 0 fully saturated rings. The van der Waals surface area contributed by atoms with Crippen LogP contribution in [-0.2, 0) is 0 Å². The fraction of sp³-hybridized carbons (Fsp3) is 0.0769. The Morgan fingerprint density at radius 1 is 1.10 bits per heavy atom. The number of aromatic nitrogens is 1. The van der Waals surface area contributed by atoms with Gasteiger partial charge in [-0.3, -0.25) is 5.43 Å². The highest BCUT2D eigenvalue weighted by Crippen LogP contribution is 2.21. The third-order valence-electron chi connectivity index (χ3n) is 2.43. The minimum atomic E-state index is -1.74. The van der Waals surface area contributed by atoms with Crippen LogP contribution >= 0.6 is 0 Å². The third-order valence-corrected chi connectivity index (χ3v) is 2.43. The lowest BCUT2D eigenvalue weighted by Gasteiger charge is -2.04. The molecule has 1 aromatic heterocycles. The summed E-state index contributed by atoms with van der Waals surface area (Å²) in [5, 5.41) is 3.54. The third kappa shape index (κ3) is 2.93. The van der Waals surface area contributed by atoms with Gasteiger partial charge in [0.15, 0.2) is 0 Å². The minimum Gasteiger partial charge on any atom is -0.272 e. The summed E-state index contributed by atoms with van der Waals surface area (Å²) in [6.07, 6.45) is 1.27. The first-order valence-electron chi connectivity index (χ1n) is 5.54. The van der Waals surface area contributed by atoms with E-state index < -0.39 is 29.2 Å². The predicted octanol–water partition coefficient (Wildman–Crippen LogP) is 3.39. The second-order valence-electron chi connectivity index (χ2n) is 3.98. The molecule has 0 atom stereocenters. The largest absolute Gasteiger partial charge is 0.272 e. The Hall–Kier alpha value is -2.44. The van der Waals surface area contributed by atoms with E-state index in [9.17, 15) is 17.6 Å². The van der Waals surface area contributed by atoms with Crippen LogP contribution in [0.25, 0.3) is 0 Å². The Bertz CT molecular complexity index is 645. The van der Waals surface area contributed by atoms with Crippen molar-refractivity contribution in [2.24, 2.45) is 5.10 Å². The molecule has 2 rings (SSSR count). The molecule has 0 unspecified atom stereocenters. The van der Waals surface area contributed by atoms with Gasteiger partial charge in [-0.25, -0.2) is 0 Å². The summed E-state index contributed by atoms with van der Waals surface area (Å²) in [6.45, 7) is 1.86. The van der Waals surface area contributed by atoms with Crippen molar-refractivity contribution in [2.75, 3.05) is 5.43 Å². The van der Waals surface area contributed by atoms with Gasteiger partial charge in [0, 0.05) is 0 Å². The standard InChI is InChI=1S/C13H9F4N3/c1-7-3-2-4-8(5-7)6-18-20-11-9(14)12(16)19-13(17)10(11)15/h2-6H,1H3,(H,19,20)/b18-6+. The molecule has 0 saturated heterocycles. The molecule has 0 aliphatic heterocycles. The van der Waals surface area contributed by atoms with Crippen molar-refractivity contribution in [3.05, 3.63) is 58.9 Å². The molecule has 0 aliphatic carbocycles. The number of hydrogen-bond donors (Lipinski definition) is 1. The number of aryl methyl sites for hydroxylation is 1. The molecule has 3 nitrogen and oxygen atoms in total. The van der Waals surface area contributed by atoms with Gasteiger partial charge in [-0.15, -0.1) is 0 Å². The summed E-state index contributed by atoms with van der Waals surface area (Å²) in [4.78, 5) is 2.44. The van der Waals surface area contributed by atoms with Gasteiger partial charge in [-0.05, 0) is 12.5 Å². The number of halogens is 4. The van der Waals surface area contributed by atoms with E-state index >= 15 is 0 Å². The van der Waals surface area contributed by atoms with Crippen LogP contribution < -0.4 is 5.43 Å². The van der Waals surface area contributed by atoms with Crippen LogP contribution in [0, 0.1) is 30.5 Å². The van der Waals surface area contributed by atoms with Gasteiger partial charge >= 0.3 is 0 Å². The van der Waals surface area contributed by atoms with Gasteiger partial charge in [-0.2, -0.15) is 27.6 Å². The van der Waals surface area contributed by atoms with Gasteiger partial charge in [0.25, 0.3) is 11.9 Å². The summed E-state index contributed by atoms with van der Waals surface area (Å²) in [5.74, 6) is -6.75. The normalized spacial score (nSPS) is 11.1.